The first-order chi connectivity index (χ1) is 8.08. The molecule has 0 amide bonds. The lowest BCUT2D eigenvalue weighted by Gasteiger charge is -2.38. The molecule has 1 aliphatic rings. The van der Waals surface area contributed by atoms with Gasteiger partial charge in [0.2, 0.25) is 0 Å². The van der Waals surface area contributed by atoms with Crippen LogP contribution < -0.4 is 0 Å². The second-order valence-electron chi connectivity index (χ2n) is 5.08. The largest absolute Gasteiger partial charge is 0.296 e. The molecule has 94 valence electrons. The van der Waals surface area contributed by atoms with Crippen LogP contribution in [0.4, 0.5) is 4.39 Å². The summed E-state index contributed by atoms with van der Waals surface area (Å²) in [6.45, 7) is 6.69. The van der Waals surface area contributed by atoms with Crippen LogP contribution in [0.3, 0.4) is 0 Å². The number of halogens is 2. The Morgan fingerprint density at radius 3 is 2.88 bits per heavy atom. The maximum Gasteiger partial charge on any atom is 0.137 e. The van der Waals surface area contributed by atoms with Gasteiger partial charge in [-0.2, -0.15) is 0 Å². The van der Waals surface area contributed by atoms with Crippen LogP contribution in [-0.2, 0) is 6.54 Å². The van der Waals surface area contributed by atoms with Crippen LogP contribution in [0.15, 0.2) is 22.7 Å². The van der Waals surface area contributed by atoms with Crippen LogP contribution in [0.25, 0.3) is 0 Å². The molecule has 1 aromatic carbocycles. The lowest BCUT2D eigenvalue weighted by molar-refractivity contribution is 0.106. The molecule has 0 aromatic heterocycles. The average Bonchev–Trinajstić information content (AvgIpc) is 2.30. The highest BCUT2D eigenvalue weighted by Gasteiger charge is 2.24. The van der Waals surface area contributed by atoms with Gasteiger partial charge >= 0.3 is 0 Å². The van der Waals surface area contributed by atoms with E-state index in [0.717, 1.165) is 19.0 Å². The zero-order valence-electron chi connectivity index (χ0n) is 10.4. The fourth-order valence-corrected chi connectivity index (χ4v) is 2.94. The molecular weight excluding hydrogens is 281 g/mol. The molecule has 0 aliphatic carbocycles. The molecule has 1 aliphatic heterocycles. The van der Waals surface area contributed by atoms with Crippen molar-refractivity contribution in [3.8, 4) is 0 Å². The van der Waals surface area contributed by atoms with Gasteiger partial charge in [0.1, 0.15) is 5.82 Å². The van der Waals surface area contributed by atoms with E-state index in [-0.39, 0.29) is 5.82 Å². The molecule has 1 heterocycles. The summed E-state index contributed by atoms with van der Waals surface area (Å²) in [6, 6.07) is 5.93. The summed E-state index contributed by atoms with van der Waals surface area (Å²) in [6.07, 6.45) is 2.60. The Morgan fingerprint density at radius 1 is 1.41 bits per heavy atom. The van der Waals surface area contributed by atoms with Gasteiger partial charge in [0.05, 0.1) is 4.47 Å². The Kier molecular flexibility index (Phi) is 4.21. The Balaban J connectivity index is 2.07. The molecule has 0 saturated carbocycles. The SMILES string of the molecule is CC1CCCN(Cc2ccc(F)c(Br)c2)C1C. The molecule has 0 N–H and O–H groups in total. The van der Waals surface area contributed by atoms with Gasteiger partial charge in [0, 0.05) is 12.6 Å². The van der Waals surface area contributed by atoms with Gasteiger partial charge in [-0.3, -0.25) is 4.90 Å². The molecule has 1 aromatic rings. The number of benzene rings is 1. The molecule has 1 saturated heterocycles. The molecule has 1 nitrogen and oxygen atoms in total. The second kappa shape index (κ2) is 5.49. The Hall–Kier alpha value is -0.410. The first-order valence-corrected chi connectivity index (χ1v) is 7.05. The van der Waals surface area contributed by atoms with E-state index in [0.29, 0.717) is 10.5 Å². The van der Waals surface area contributed by atoms with Crippen molar-refractivity contribution in [3.63, 3.8) is 0 Å². The minimum absolute atomic E-state index is 0.186. The number of nitrogens with zero attached hydrogens (tertiary/aromatic N) is 1. The van der Waals surface area contributed by atoms with E-state index < -0.39 is 0 Å². The first-order valence-electron chi connectivity index (χ1n) is 6.26. The zero-order chi connectivity index (χ0) is 12.4. The first kappa shape index (κ1) is 13.0. The molecular formula is C14H19BrFN. The van der Waals surface area contributed by atoms with Gasteiger partial charge in [-0.15, -0.1) is 0 Å². The van der Waals surface area contributed by atoms with Gasteiger partial charge in [-0.25, -0.2) is 4.39 Å². The Labute approximate surface area is 111 Å². The van der Waals surface area contributed by atoms with Crippen LogP contribution in [-0.4, -0.2) is 17.5 Å². The fourth-order valence-electron chi connectivity index (χ4n) is 2.52. The molecule has 0 radical (unpaired) electrons. The summed E-state index contributed by atoms with van der Waals surface area (Å²) in [5, 5.41) is 0. The van der Waals surface area contributed by atoms with Crippen LogP contribution in [0, 0.1) is 11.7 Å². The second-order valence-corrected chi connectivity index (χ2v) is 5.93. The Bertz CT molecular complexity index is 394. The fraction of sp³-hybridized carbons (Fsp3) is 0.571. The van der Waals surface area contributed by atoms with Gasteiger partial charge in [-0.05, 0) is 65.9 Å². The van der Waals surface area contributed by atoms with Crippen molar-refractivity contribution in [3.05, 3.63) is 34.1 Å². The monoisotopic (exact) mass is 299 g/mol. The highest BCUT2D eigenvalue weighted by atomic mass is 79.9. The average molecular weight is 300 g/mol. The van der Waals surface area contributed by atoms with E-state index in [4.69, 9.17) is 0 Å². The third-order valence-corrected chi connectivity index (χ3v) is 4.48. The lowest BCUT2D eigenvalue weighted by atomic mass is 9.92. The topological polar surface area (TPSA) is 3.24 Å². The van der Waals surface area contributed by atoms with Crippen molar-refractivity contribution in [2.75, 3.05) is 6.54 Å². The van der Waals surface area contributed by atoms with Gasteiger partial charge < -0.3 is 0 Å². The van der Waals surface area contributed by atoms with Crippen LogP contribution in [0.2, 0.25) is 0 Å². The van der Waals surface area contributed by atoms with E-state index in [9.17, 15) is 4.39 Å². The standard InChI is InChI=1S/C14H19BrFN/c1-10-4-3-7-17(11(10)2)9-12-5-6-14(16)13(15)8-12/h5-6,8,10-11H,3-4,7,9H2,1-2H3. The number of hydrogen-bond donors (Lipinski definition) is 0. The number of rotatable bonds is 2. The molecule has 1 fully saturated rings. The predicted octanol–water partition coefficient (Wildman–Crippen LogP) is 4.21. The molecule has 17 heavy (non-hydrogen) atoms. The van der Waals surface area contributed by atoms with E-state index in [1.165, 1.54) is 24.5 Å². The maximum absolute atomic E-state index is 13.2. The third kappa shape index (κ3) is 3.08. The highest BCUT2D eigenvalue weighted by Crippen LogP contribution is 2.25. The zero-order valence-corrected chi connectivity index (χ0v) is 12.0. The molecule has 2 atom stereocenters. The van der Waals surface area contributed by atoms with Gasteiger partial charge in [0.15, 0.2) is 0 Å². The predicted molar refractivity (Wildman–Crippen MR) is 72.4 cm³/mol. The van der Waals surface area contributed by atoms with Gasteiger partial charge in [0.25, 0.3) is 0 Å². The normalized spacial score (nSPS) is 26.1. The number of likely N-dealkylation sites (tertiary alicyclic amines) is 1. The van der Waals surface area contributed by atoms with Crippen molar-refractivity contribution in [1.82, 2.24) is 4.90 Å². The summed E-state index contributed by atoms with van der Waals surface area (Å²) >= 11 is 3.24. The van der Waals surface area contributed by atoms with Gasteiger partial charge in [-0.1, -0.05) is 13.0 Å². The molecule has 2 rings (SSSR count). The maximum atomic E-state index is 13.2. The summed E-state index contributed by atoms with van der Waals surface area (Å²) in [7, 11) is 0. The van der Waals surface area contributed by atoms with Crippen molar-refractivity contribution in [1.29, 1.82) is 0 Å². The van der Waals surface area contributed by atoms with E-state index in [2.05, 4.69) is 34.7 Å². The van der Waals surface area contributed by atoms with Crippen LogP contribution in [0.1, 0.15) is 32.3 Å². The highest BCUT2D eigenvalue weighted by molar-refractivity contribution is 9.10. The van der Waals surface area contributed by atoms with E-state index in [1.807, 2.05) is 12.1 Å². The quantitative estimate of drug-likeness (QED) is 0.791. The minimum atomic E-state index is -0.186. The van der Waals surface area contributed by atoms with Crippen molar-refractivity contribution >= 4 is 15.9 Å². The molecule has 2 unspecified atom stereocenters. The molecule has 3 heteroatoms. The van der Waals surface area contributed by atoms with Crippen LogP contribution >= 0.6 is 15.9 Å². The van der Waals surface area contributed by atoms with Crippen molar-refractivity contribution in [2.45, 2.75) is 39.3 Å². The molecule has 0 bridgehead atoms. The van der Waals surface area contributed by atoms with E-state index in [1.54, 1.807) is 0 Å². The smallest absolute Gasteiger partial charge is 0.137 e. The van der Waals surface area contributed by atoms with E-state index >= 15 is 0 Å². The number of hydrogen-bond acceptors (Lipinski definition) is 1. The van der Waals surface area contributed by atoms with Crippen molar-refractivity contribution in [2.24, 2.45) is 5.92 Å². The lowest BCUT2D eigenvalue weighted by Crippen LogP contribution is -2.41. The summed E-state index contributed by atoms with van der Waals surface area (Å²) in [5.74, 6) is 0.571. The molecule has 0 spiro atoms. The summed E-state index contributed by atoms with van der Waals surface area (Å²) in [5.41, 5.74) is 1.18. The van der Waals surface area contributed by atoms with Crippen LogP contribution in [0.5, 0.6) is 0 Å². The summed E-state index contributed by atoms with van der Waals surface area (Å²) < 4.78 is 13.7. The minimum Gasteiger partial charge on any atom is -0.296 e. The number of piperidine rings is 1. The van der Waals surface area contributed by atoms with Crippen molar-refractivity contribution < 1.29 is 4.39 Å². The Morgan fingerprint density at radius 2 is 2.18 bits per heavy atom. The third-order valence-electron chi connectivity index (χ3n) is 3.87. The summed E-state index contributed by atoms with van der Waals surface area (Å²) in [4.78, 5) is 2.49.